The highest BCUT2D eigenvalue weighted by Gasteiger charge is 2.18. The number of carbonyl (C=O) groups is 2. The largest absolute Gasteiger partial charge is 0.465 e. The molecule has 3 N–H and O–H groups in total. The minimum Gasteiger partial charge on any atom is -0.465 e. The van der Waals surface area contributed by atoms with E-state index in [0.717, 1.165) is 6.42 Å². The number of esters is 1. The predicted molar refractivity (Wildman–Crippen MR) is 78.8 cm³/mol. The van der Waals surface area contributed by atoms with Crippen molar-refractivity contribution < 1.29 is 14.3 Å². The highest BCUT2D eigenvalue weighted by atomic mass is 16.5. The zero-order chi connectivity index (χ0) is 15.1. The van der Waals surface area contributed by atoms with Gasteiger partial charge >= 0.3 is 5.97 Å². The van der Waals surface area contributed by atoms with E-state index in [4.69, 9.17) is 10.5 Å². The lowest BCUT2D eigenvalue weighted by Gasteiger charge is -2.25. The second kappa shape index (κ2) is 7.37. The quantitative estimate of drug-likeness (QED) is 0.600. The van der Waals surface area contributed by atoms with Crippen LogP contribution >= 0.6 is 0 Å². The number of benzene rings is 1. The van der Waals surface area contributed by atoms with E-state index in [2.05, 4.69) is 5.32 Å². The number of para-hydroxylation sites is 1. The number of methoxy groups -OCH3 is 1. The molecule has 0 aliphatic rings. The molecule has 1 aromatic rings. The van der Waals surface area contributed by atoms with E-state index >= 15 is 0 Å². The smallest absolute Gasteiger partial charge is 0.340 e. The molecule has 0 saturated heterocycles. The normalized spacial score (nSPS) is 9.95. The Balaban J connectivity index is 3.13. The van der Waals surface area contributed by atoms with Crippen LogP contribution in [0.3, 0.4) is 0 Å². The number of rotatable bonds is 6. The van der Waals surface area contributed by atoms with Crippen molar-refractivity contribution in [2.45, 2.75) is 13.3 Å². The molecule has 20 heavy (non-hydrogen) atoms. The van der Waals surface area contributed by atoms with E-state index in [0.29, 0.717) is 23.5 Å². The van der Waals surface area contributed by atoms with Gasteiger partial charge in [-0.25, -0.2) is 4.79 Å². The van der Waals surface area contributed by atoms with Gasteiger partial charge < -0.3 is 20.7 Å². The molecule has 1 amide bonds. The van der Waals surface area contributed by atoms with Gasteiger partial charge in [0.05, 0.1) is 30.6 Å². The van der Waals surface area contributed by atoms with E-state index in [1.165, 1.54) is 7.11 Å². The highest BCUT2D eigenvalue weighted by Crippen LogP contribution is 2.27. The number of nitrogens with zero attached hydrogens (tertiary/aromatic N) is 1. The van der Waals surface area contributed by atoms with Crippen molar-refractivity contribution in [3.8, 4) is 0 Å². The molecule has 0 radical (unpaired) electrons. The van der Waals surface area contributed by atoms with Crippen molar-refractivity contribution in [3.63, 3.8) is 0 Å². The second-order valence-corrected chi connectivity index (χ2v) is 4.32. The van der Waals surface area contributed by atoms with E-state index < -0.39 is 5.97 Å². The van der Waals surface area contributed by atoms with Crippen LogP contribution in [-0.4, -0.2) is 39.1 Å². The van der Waals surface area contributed by atoms with Crippen molar-refractivity contribution in [1.29, 1.82) is 0 Å². The van der Waals surface area contributed by atoms with Gasteiger partial charge in [0.25, 0.3) is 0 Å². The van der Waals surface area contributed by atoms with Gasteiger partial charge in [0.2, 0.25) is 5.91 Å². The number of carbonyl (C=O) groups excluding carboxylic acids is 2. The Hall–Kier alpha value is -2.24. The number of anilines is 2. The number of ether oxygens (including phenoxy) is 1. The molecule has 6 nitrogen and oxygen atoms in total. The average molecular weight is 279 g/mol. The predicted octanol–water partition coefficient (Wildman–Crippen LogP) is 1.02. The molecule has 6 heteroatoms. The summed E-state index contributed by atoms with van der Waals surface area (Å²) in [4.78, 5) is 25.1. The molecule has 0 aliphatic carbocycles. The fourth-order valence-electron chi connectivity index (χ4n) is 1.92. The van der Waals surface area contributed by atoms with E-state index in [9.17, 15) is 9.59 Å². The molecular formula is C14H21N3O3. The zero-order valence-electron chi connectivity index (χ0n) is 12.1. The number of amides is 1. The van der Waals surface area contributed by atoms with Crippen LogP contribution in [0.4, 0.5) is 11.4 Å². The molecule has 0 heterocycles. The number of nitrogen functional groups attached to an aromatic ring is 1. The van der Waals surface area contributed by atoms with Crippen molar-refractivity contribution in [2.75, 3.05) is 37.9 Å². The molecule has 0 unspecified atom stereocenters. The lowest BCUT2D eigenvalue weighted by Crippen LogP contribution is -2.36. The Kier molecular flexibility index (Phi) is 5.83. The van der Waals surface area contributed by atoms with Crippen LogP contribution in [0.5, 0.6) is 0 Å². The first-order valence-corrected chi connectivity index (χ1v) is 6.47. The Bertz CT molecular complexity index is 489. The van der Waals surface area contributed by atoms with E-state index in [1.54, 1.807) is 25.2 Å². The zero-order valence-corrected chi connectivity index (χ0v) is 12.1. The Morgan fingerprint density at radius 2 is 2.10 bits per heavy atom. The lowest BCUT2D eigenvalue weighted by molar-refractivity contribution is -0.119. The lowest BCUT2D eigenvalue weighted by atomic mass is 10.1. The maximum absolute atomic E-state index is 11.6. The third-order valence-corrected chi connectivity index (χ3v) is 2.94. The Morgan fingerprint density at radius 1 is 1.40 bits per heavy atom. The number of nitrogens with one attached hydrogen (secondary N) is 1. The van der Waals surface area contributed by atoms with Crippen LogP contribution < -0.4 is 16.0 Å². The van der Waals surface area contributed by atoms with Crippen LogP contribution in [0, 0.1) is 0 Å². The monoisotopic (exact) mass is 279 g/mol. The third kappa shape index (κ3) is 3.63. The standard InChI is InChI=1S/C14H21N3O3/c1-4-8-17(9-12(18)16-2)11-7-5-6-10(13(11)15)14(19)20-3/h5-7H,4,8-9,15H2,1-3H3,(H,16,18). The van der Waals surface area contributed by atoms with Gasteiger partial charge in [-0.3, -0.25) is 4.79 Å². The topological polar surface area (TPSA) is 84.7 Å². The van der Waals surface area contributed by atoms with E-state index in [-0.39, 0.29) is 12.5 Å². The molecule has 1 aromatic carbocycles. The molecule has 0 aliphatic heterocycles. The molecule has 0 atom stereocenters. The van der Waals surface area contributed by atoms with Crippen LogP contribution in [-0.2, 0) is 9.53 Å². The summed E-state index contributed by atoms with van der Waals surface area (Å²) in [5, 5.41) is 2.58. The first kappa shape index (κ1) is 15.8. The summed E-state index contributed by atoms with van der Waals surface area (Å²) < 4.78 is 4.70. The highest BCUT2D eigenvalue weighted by molar-refractivity contribution is 5.98. The van der Waals surface area contributed by atoms with Gasteiger partial charge in [-0.1, -0.05) is 13.0 Å². The van der Waals surface area contributed by atoms with Gasteiger partial charge in [-0.05, 0) is 18.6 Å². The summed E-state index contributed by atoms with van der Waals surface area (Å²) in [5.74, 6) is -0.595. The van der Waals surface area contributed by atoms with Gasteiger partial charge in [0.1, 0.15) is 0 Å². The molecule has 1 rings (SSSR count). The van der Waals surface area contributed by atoms with Crippen molar-refractivity contribution >= 4 is 23.3 Å². The summed E-state index contributed by atoms with van der Waals surface area (Å²) in [7, 11) is 2.89. The van der Waals surface area contributed by atoms with Crippen molar-refractivity contribution in [1.82, 2.24) is 5.32 Å². The number of nitrogens with two attached hydrogens (primary N) is 1. The van der Waals surface area contributed by atoms with Gasteiger partial charge in [0, 0.05) is 13.6 Å². The molecule has 0 saturated carbocycles. The Labute approximate surface area is 118 Å². The van der Waals surface area contributed by atoms with E-state index in [1.807, 2.05) is 11.8 Å². The summed E-state index contributed by atoms with van der Waals surface area (Å²) in [5.41, 5.74) is 7.34. The van der Waals surface area contributed by atoms with Crippen LogP contribution in [0.15, 0.2) is 18.2 Å². The number of hydrogen-bond acceptors (Lipinski definition) is 5. The molecular weight excluding hydrogens is 258 g/mol. The summed E-state index contributed by atoms with van der Waals surface area (Å²) in [6.45, 7) is 2.87. The first-order valence-electron chi connectivity index (χ1n) is 6.47. The fraction of sp³-hybridized carbons (Fsp3) is 0.429. The van der Waals surface area contributed by atoms with Gasteiger partial charge in [0.15, 0.2) is 0 Å². The maximum Gasteiger partial charge on any atom is 0.340 e. The minimum absolute atomic E-state index is 0.110. The fourth-order valence-corrected chi connectivity index (χ4v) is 1.92. The molecule has 0 fully saturated rings. The Morgan fingerprint density at radius 3 is 2.65 bits per heavy atom. The summed E-state index contributed by atoms with van der Waals surface area (Å²) >= 11 is 0. The molecule has 0 aromatic heterocycles. The summed E-state index contributed by atoms with van der Waals surface area (Å²) in [6.07, 6.45) is 0.860. The second-order valence-electron chi connectivity index (χ2n) is 4.32. The number of likely N-dealkylation sites (N-methyl/N-ethyl adjacent to an activating group) is 1. The van der Waals surface area contributed by atoms with Crippen molar-refractivity contribution in [3.05, 3.63) is 23.8 Å². The van der Waals surface area contributed by atoms with Crippen LogP contribution in [0.25, 0.3) is 0 Å². The van der Waals surface area contributed by atoms with Crippen molar-refractivity contribution in [2.24, 2.45) is 0 Å². The minimum atomic E-state index is -0.485. The SMILES string of the molecule is CCCN(CC(=O)NC)c1cccc(C(=O)OC)c1N. The molecule has 0 spiro atoms. The van der Waals surface area contributed by atoms with Crippen LogP contribution in [0.1, 0.15) is 23.7 Å². The molecule has 0 bridgehead atoms. The molecule has 110 valence electrons. The average Bonchev–Trinajstić information content (AvgIpc) is 2.46. The van der Waals surface area contributed by atoms with Crippen LogP contribution in [0.2, 0.25) is 0 Å². The summed E-state index contributed by atoms with van der Waals surface area (Å²) in [6, 6.07) is 5.12. The van der Waals surface area contributed by atoms with Gasteiger partial charge in [-0.15, -0.1) is 0 Å². The maximum atomic E-state index is 11.6. The number of hydrogen-bond donors (Lipinski definition) is 2. The first-order chi connectivity index (χ1) is 9.54. The van der Waals surface area contributed by atoms with Gasteiger partial charge in [-0.2, -0.15) is 0 Å². The third-order valence-electron chi connectivity index (χ3n) is 2.94.